The Labute approximate surface area is 248 Å². The van der Waals surface area contributed by atoms with E-state index in [1.807, 2.05) is 13.8 Å². The second-order valence-corrected chi connectivity index (χ2v) is 16.7. The Hall–Kier alpha value is -1.91. The van der Waals surface area contributed by atoms with Crippen LogP contribution >= 0.6 is 0 Å². The molecule has 0 aliphatic heterocycles. The van der Waals surface area contributed by atoms with Crippen LogP contribution in [0.5, 0.6) is 0 Å². The van der Waals surface area contributed by atoms with Crippen LogP contribution in [-0.4, -0.2) is 30.9 Å². The number of allylic oxidation sites excluding steroid dienone is 3. The number of rotatable bonds is 3. The topological polar surface area (TPSA) is 69.7 Å². The van der Waals surface area contributed by atoms with E-state index in [2.05, 4.69) is 54.5 Å². The zero-order chi connectivity index (χ0) is 30.4. The summed E-state index contributed by atoms with van der Waals surface area (Å²) in [5.74, 6) is 0.691. The Bertz CT molecular complexity index is 1200. The van der Waals surface area contributed by atoms with E-state index in [0.717, 1.165) is 44.1 Å². The van der Waals surface area contributed by atoms with Crippen LogP contribution in [0.15, 0.2) is 23.3 Å². The van der Waals surface area contributed by atoms with Crippen molar-refractivity contribution in [1.82, 2.24) is 0 Å². The molecule has 0 N–H and O–H groups in total. The van der Waals surface area contributed by atoms with Gasteiger partial charge in [-0.15, -0.1) is 0 Å². The van der Waals surface area contributed by atoms with Crippen LogP contribution < -0.4 is 0 Å². The lowest BCUT2D eigenvalue weighted by atomic mass is 9.33. The minimum absolute atomic E-state index is 0.0327. The second kappa shape index (κ2) is 9.55. The van der Waals surface area contributed by atoms with Crippen LogP contribution in [0.25, 0.3) is 0 Å². The molecule has 0 heterocycles. The van der Waals surface area contributed by atoms with Gasteiger partial charge >= 0.3 is 11.9 Å². The fourth-order valence-corrected chi connectivity index (χ4v) is 11.3. The summed E-state index contributed by atoms with van der Waals surface area (Å²) in [5.41, 5.74) is 1.16. The average molecular weight is 567 g/mol. The van der Waals surface area contributed by atoms with E-state index in [0.29, 0.717) is 36.9 Å². The summed E-state index contributed by atoms with van der Waals surface area (Å²) in [5, 5.41) is 0. The molecule has 8 atom stereocenters. The summed E-state index contributed by atoms with van der Waals surface area (Å²) in [6.45, 7) is 20.2. The lowest BCUT2D eigenvalue weighted by molar-refractivity contribution is -0.207. The first-order valence-electron chi connectivity index (χ1n) is 16.1. The van der Waals surface area contributed by atoms with Crippen LogP contribution in [0.1, 0.15) is 120 Å². The number of hydrogen-bond donors (Lipinski definition) is 0. The molecule has 0 aromatic carbocycles. The number of esters is 2. The van der Waals surface area contributed by atoms with Crippen LogP contribution in [0.2, 0.25) is 0 Å². The van der Waals surface area contributed by atoms with Crippen molar-refractivity contribution < 1.29 is 23.9 Å². The molecule has 0 amide bonds. The fourth-order valence-electron chi connectivity index (χ4n) is 11.3. The van der Waals surface area contributed by atoms with Gasteiger partial charge in [0.05, 0.1) is 7.11 Å². The van der Waals surface area contributed by atoms with Crippen molar-refractivity contribution >= 4 is 17.7 Å². The number of fused-ring (bicyclic) bond motifs is 7. The lowest BCUT2D eigenvalue weighted by Gasteiger charge is -2.70. The highest BCUT2D eigenvalue weighted by Gasteiger charge is 2.71. The van der Waals surface area contributed by atoms with Crippen LogP contribution in [-0.2, 0) is 23.9 Å². The van der Waals surface area contributed by atoms with Crippen molar-refractivity contribution in [3.63, 3.8) is 0 Å². The van der Waals surface area contributed by atoms with E-state index in [9.17, 15) is 14.4 Å². The molecule has 41 heavy (non-hydrogen) atoms. The van der Waals surface area contributed by atoms with Gasteiger partial charge in [0.25, 0.3) is 0 Å². The van der Waals surface area contributed by atoms with E-state index in [1.54, 1.807) is 0 Å². The Morgan fingerprint density at radius 1 is 0.927 bits per heavy atom. The van der Waals surface area contributed by atoms with Gasteiger partial charge in [0.1, 0.15) is 17.3 Å². The number of methoxy groups -OCH3 is 1. The first kappa shape index (κ1) is 30.5. The van der Waals surface area contributed by atoms with Crippen molar-refractivity contribution in [2.24, 2.45) is 50.2 Å². The Balaban J connectivity index is 1.61. The maximum atomic E-state index is 13.9. The smallest absolute Gasteiger partial charge is 0.330 e. The van der Waals surface area contributed by atoms with Crippen molar-refractivity contribution in [3.8, 4) is 0 Å². The molecule has 228 valence electrons. The molecule has 5 heteroatoms. The molecule has 0 saturated heterocycles. The van der Waals surface area contributed by atoms with Gasteiger partial charge in [0, 0.05) is 23.8 Å². The summed E-state index contributed by atoms with van der Waals surface area (Å²) in [4.78, 5) is 40.0. The highest BCUT2D eigenvalue weighted by atomic mass is 16.6. The van der Waals surface area contributed by atoms with E-state index in [-0.39, 0.29) is 44.9 Å². The number of carbonyl (C=O) groups excluding carboxylic acids is 3. The summed E-state index contributed by atoms with van der Waals surface area (Å²) < 4.78 is 11.8. The van der Waals surface area contributed by atoms with Gasteiger partial charge in [-0.2, -0.15) is 0 Å². The van der Waals surface area contributed by atoms with Crippen LogP contribution in [0, 0.1) is 50.2 Å². The van der Waals surface area contributed by atoms with Gasteiger partial charge in [-0.05, 0) is 98.7 Å². The zero-order valence-corrected chi connectivity index (χ0v) is 27.4. The summed E-state index contributed by atoms with van der Waals surface area (Å²) in [6.07, 6.45) is 11.4. The predicted octanol–water partition coefficient (Wildman–Crippen LogP) is 8.02. The molecule has 4 saturated carbocycles. The first-order chi connectivity index (χ1) is 18.9. The Morgan fingerprint density at radius 3 is 2.24 bits per heavy atom. The molecule has 0 radical (unpaired) electrons. The Kier molecular flexibility index (Phi) is 7.11. The van der Waals surface area contributed by atoms with Gasteiger partial charge in [0.15, 0.2) is 0 Å². The van der Waals surface area contributed by atoms with Crippen LogP contribution in [0.4, 0.5) is 0 Å². The highest BCUT2D eigenvalue weighted by molar-refractivity contribution is 5.86. The van der Waals surface area contributed by atoms with E-state index >= 15 is 0 Å². The molecular weight excluding hydrogens is 512 g/mol. The van der Waals surface area contributed by atoms with Crippen molar-refractivity contribution in [2.45, 2.75) is 126 Å². The third-order valence-electron chi connectivity index (χ3n) is 13.6. The number of carbonyl (C=O) groups is 3. The summed E-state index contributed by atoms with van der Waals surface area (Å²) in [6, 6.07) is 0. The van der Waals surface area contributed by atoms with Gasteiger partial charge in [0.2, 0.25) is 0 Å². The maximum Gasteiger partial charge on any atom is 0.330 e. The summed E-state index contributed by atoms with van der Waals surface area (Å²) >= 11 is 0. The first-order valence-corrected chi connectivity index (χ1v) is 16.1. The quantitative estimate of drug-likeness (QED) is 0.197. The van der Waals surface area contributed by atoms with Gasteiger partial charge in [-0.3, -0.25) is 9.59 Å². The molecule has 4 fully saturated rings. The molecule has 5 nitrogen and oxygen atoms in total. The summed E-state index contributed by atoms with van der Waals surface area (Å²) in [7, 11) is 1.48. The standard InChI is InChI=1S/C36H54O5/c1-22(2)19-29(38)41-28-21-31(3,4)20-24-23-11-12-26-33(7)15-14-27(37)32(5,6)25(33)13-16-35(26,9)34(23,8)17-18-36(24,28)30(39)40-10/h11,19,24-26,28H,12-18,20-21H2,1-10H3. The lowest BCUT2D eigenvalue weighted by Crippen LogP contribution is -2.66. The van der Waals surface area contributed by atoms with Crippen molar-refractivity contribution in [1.29, 1.82) is 0 Å². The molecule has 0 aromatic rings. The highest BCUT2D eigenvalue weighted by Crippen LogP contribution is 2.75. The molecular formula is C36H54O5. The van der Waals surface area contributed by atoms with Crippen molar-refractivity contribution in [3.05, 3.63) is 23.3 Å². The normalized spacial score (nSPS) is 44.1. The maximum absolute atomic E-state index is 13.9. The zero-order valence-electron chi connectivity index (χ0n) is 27.4. The van der Waals surface area contributed by atoms with E-state index in [1.165, 1.54) is 18.8 Å². The molecule has 0 aromatic heterocycles. The molecule has 5 rings (SSSR count). The minimum Gasteiger partial charge on any atom is -0.468 e. The predicted molar refractivity (Wildman–Crippen MR) is 161 cm³/mol. The molecule has 5 aliphatic rings. The van der Waals surface area contributed by atoms with Gasteiger partial charge in [-0.25, -0.2) is 4.79 Å². The van der Waals surface area contributed by atoms with Crippen molar-refractivity contribution in [2.75, 3.05) is 7.11 Å². The fraction of sp³-hybridized carbons (Fsp3) is 0.806. The van der Waals surface area contributed by atoms with Gasteiger partial charge < -0.3 is 9.47 Å². The molecule has 0 spiro atoms. The number of hydrogen-bond acceptors (Lipinski definition) is 5. The number of ketones is 1. The van der Waals surface area contributed by atoms with E-state index in [4.69, 9.17) is 9.47 Å². The molecule has 0 bridgehead atoms. The second-order valence-electron chi connectivity index (χ2n) is 16.7. The van der Waals surface area contributed by atoms with E-state index < -0.39 is 11.5 Å². The molecule has 5 aliphatic carbocycles. The van der Waals surface area contributed by atoms with Gasteiger partial charge in [-0.1, -0.05) is 65.7 Å². The Morgan fingerprint density at radius 2 is 1.61 bits per heavy atom. The monoisotopic (exact) mass is 566 g/mol. The number of Topliss-reactive ketones (excluding diaryl/α,β-unsaturated/α-hetero) is 1. The largest absolute Gasteiger partial charge is 0.468 e. The number of ether oxygens (including phenoxy) is 2. The molecule has 8 unspecified atom stereocenters. The SMILES string of the molecule is COC(=O)C12CCC3(C)C(=CCC4C5(C)CCC(=O)C(C)(C)C5CCC43C)C1CC(C)(C)CC2OC(=O)C=C(C)C. The third-order valence-corrected chi connectivity index (χ3v) is 13.6. The average Bonchev–Trinajstić information content (AvgIpc) is 2.85. The third kappa shape index (κ3) is 4.17. The minimum atomic E-state index is -0.871. The van der Waals surface area contributed by atoms with Crippen LogP contribution in [0.3, 0.4) is 0 Å².